The zero-order chi connectivity index (χ0) is 13.8. The van der Waals surface area contributed by atoms with E-state index in [1.807, 2.05) is 36.5 Å². The Hall–Kier alpha value is -2.36. The second-order valence-corrected chi connectivity index (χ2v) is 4.96. The summed E-state index contributed by atoms with van der Waals surface area (Å²) in [4.78, 5) is 16.2. The van der Waals surface area contributed by atoms with E-state index in [2.05, 4.69) is 21.7 Å². The third kappa shape index (κ3) is 2.79. The SMILES string of the molecule is O=C(NCCc1cccnc1)[C@@H]1Cc2ccccc2N1. The fraction of sp³-hybridized carbons (Fsp3) is 0.250. The molecule has 2 heterocycles. The Labute approximate surface area is 118 Å². The molecule has 1 amide bonds. The molecule has 0 fully saturated rings. The normalized spacial score (nSPS) is 16.3. The van der Waals surface area contributed by atoms with E-state index in [4.69, 9.17) is 0 Å². The molecule has 3 rings (SSSR count). The molecule has 1 aromatic carbocycles. The number of benzene rings is 1. The maximum Gasteiger partial charge on any atom is 0.242 e. The number of carbonyl (C=O) groups is 1. The van der Waals surface area contributed by atoms with E-state index in [1.165, 1.54) is 5.56 Å². The summed E-state index contributed by atoms with van der Waals surface area (Å²) in [7, 11) is 0. The van der Waals surface area contributed by atoms with Crippen LogP contribution in [0.15, 0.2) is 48.8 Å². The summed E-state index contributed by atoms with van der Waals surface area (Å²) in [6.45, 7) is 0.638. The predicted octanol–water partition coefficient (Wildman–Crippen LogP) is 1.78. The maximum absolute atomic E-state index is 12.1. The molecule has 0 radical (unpaired) electrons. The van der Waals surface area contributed by atoms with Crippen molar-refractivity contribution >= 4 is 11.6 Å². The van der Waals surface area contributed by atoms with Crippen LogP contribution in [-0.4, -0.2) is 23.5 Å². The van der Waals surface area contributed by atoms with Crippen LogP contribution in [0.5, 0.6) is 0 Å². The highest BCUT2D eigenvalue weighted by Crippen LogP contribution is 2.24. The van der Waals surface area contributed by atoms with Crippen LogP contribution in [0.3, 0.4) is 0 Å². The highest BCUT2D eigenvalue weighted by atomic mass is 16.2. The van der Waals surface area contributed by atoms with Crippen LogP contribution in [-0.2, 0) is 17.6 Å². The van der Waals surface area contributed by atoms with Crippen LogP contribution in [0, 0.1) is 0 Å². The molecule has 0 aliphatic carbocycles. The number of hydrogen-bond acceptors (Lipinski definition) is 3. The molecular formula is C16H17N3O. The van der Waals surface area contributed by atoms with Crippen molar-refractivity contribution in [2.45, 2.75) is 18.9 Å². The molecule has 2 aromatic rings. The van der Waals surface area contributed by atoms with Crippen LogP contribution in [0.4, 0.5) is 5.69 Å². The zero-order valence-electron chi connectivity index (χ0n) is 11.2. The first-order chi connectivity index (χ1) is 9.83. The third-order valence-electron chi connectivity index (χ3n) is 3.52. The van der Waals surface area contributed by atoms with Gasteiger partial charge in [-0.25, -0.2) is 0 Å². The van der Waals surface area contributed by atoms with Crippen LogP contribution in [0.2, 0.25) is 0 Å². The Morgan fingerprint density at radius 1 is 1.30 bits per heavy atom. The number of aromatic nitrogens is 1. The van der Waals surface area contributed by atoms with Gasteiger partial charge >= 0.3 is 0 Å². The average molecular weight is 267 g/mol. The Morgan fingerprint density at radius 3 is 3.00 bits per heavy atom. The number of anilines is 1. The largest absolute Gasteiger partial charge is 0.373 e. The second kappa shape index (κ2) is 5.74. The molecule has 0 spiro atoms. The molecule has 1 aromatic heterocycles. The Bertz CT molecular complexity index is 573. The van der Waals surface area contributed by atoms with Crippen molar-refractivity contribution < 1.29 is 4.79 Å². The number of nitrogens with one attached hydrogen (secondary N) is 2. The van der Waals surface area contributed by atoms with Crippen molar-refractivity contribution in [2.75, 3.05) is 11.9 Å². The van der Waals surface area contributed by atoms with Crippen molar-refractivity contribution in [3.05, 3.63) is 59.9 Å². The van der Waals surface area contributed by atoms with Gasteiger partial charge < -0.3 is 10.6 Å². The number of pyridine rings is 1. The summed E-state index contributed by atoms with van der Waals surface area (Å²) in [5.41, 5.74) is 3.41. The molecule has 4 heteroatoms. The summed E-state index contributed by atoms with van der Waals surface area (Å²) >= 11 is 0. The van der Waals surface area contributed by atoms with Gasteiger partial charge in [-0.05, 0) is 29.7 Å². The fourth-order valence-electron chi connectivity index (χ4n) is 2.46. The number of carbonyl (C=O) groups excluding carboxylic acids is 1. The molecule has 0 saturated carbocycles. The first kappa shape index (κ1) is 12.7. The van der Waals surface area contributed by atoms with Crippen LogP contribution in [0.25, 0.3) is 0 Å². The summed E-state index contributed by atoms with van der Waals surface area (Å²) in [6.07, 6.45) is 5.14. The van der Waals surface area contributed by atoms with E-state index in [0.717, 1.165) is 24.1 Å². The Kier molecular flexibility index (Phi) is 3.63. The van der Waals surface area contributed by atoms with E-state index >= 15 is 0 Å². The Balaban J connectivity index is 1.49. The lowest BCUT2D eigenvalue weighted by atomic mass is 10.1. The molecule has 1 atom stereocenters. The third-order valence-corrected chi connectivity index (χ3v) is 3.52. The minimum absolute atomic E-state index is 0.0603. The highest BCUT2D eigenvalue weighted by Gasteiger charge is 2.25. The standard InChI is InChI=1S/C16H17N3O/c20-16(18-9-7-12-4-3-8-17-11-12)15-10-13-5-1-2-6-14(13)19-15/h1-6,8,11,15,19H,7,9-10H2,(H,18,20)/t15-/m0/s1. The molecule has 0 bridgehead atoms. The number of hydrogen-bond donors (Lipinski definition) is 2. The predicted molar refractivity (Wildman–Crippen MR) is 78.5 cm³/mol. The lowest BCUT2D eigenvalue weighted by Crippen LogP contribution is -2.39. The lowest BCUT2D eigenvalue weighted by Gasteiger charge is -2.11. The van der Waals surface area contributed by atoms with Crippen LogP contribution in [0.1, 0.15) is 11.1 Å². The van der Waals surface area contributed by atoms with Gasteiger partial charge in [0.2, 0.25) is 5.91 Å². The molecule has 0 saturated heterocycles. The highest BCUT2D eigenvalue weighted by molar-refractivity contribution is 5.87. The van der Waals surface area contributed by atoms with Gasteiger partial charge in [0.05, 0.1) is 0 Å². The van der Waals surface area contributed by atoms with Gasteiger partial charge in [0.25, 0.3) is 0 Å². The molecule has 20 heavy (non-hydrogen) atoms. The van der Waals surface area contributed by atoms with E-state index in [-0.39, 0.29) is 11.9 Å². The quantitative estimate of drug-likeness (QED) is 0.888. The first-order valence-electron chi connectivity index (χ1n) is 6.84. The van der Waals surface area contributed by atoms with Crippen molar-refractivity contribution in [2.24, 2.45) is 0 Å². The van der Waals surface area contributed by atoms with E-state index in [9.17, 15) is 4.79 Å². The molecule has 1 aliphatic rings. The van der Waals surface area contributed by atoms with Crippen molar-refractivity contribution in [3.8, 4) is 0 Å². The topological polar surface area (TPSA) is 54.0 Å². The van der Waals surface area contributed by atoms with E-state index < -0.39 is 0 Å². The van der Waals surface area contributed by atoms with Crippen LogP contribution >= 0.6 is 0 Å². The maximum atomic E-state index is 12.1. The molecule has 0 unspecified atom stereocenters. The van der Waals surface area contributed by atoms with Gasteiger partial charge in [-0.2, -0.15) is 0 Å². The fourth-order valence-corrected chi connectivity index (χ4v) is 2.46. The van der Waals surface area contributed by atoms with Crippen molar-refractivity contribution in [1.29, 1.82) is 0 Å². The average Bonchev–Trinajstić information content (AvgIpc) is 2.92. The molecule has 4 nitrogen and oxygen atoms in total. The molecular weight excluding hydrogens is 250 g/mol. The summed E-state index contributed by atoms with van der Waals surface area (Å²) in [5, 5.41) is 6.24. The van der Waals surface area contributed by atoms with Gasteiger partial charge in [-0.3, -0.25) is 9.78 Å². The van der Waals surface area contributed by atoms with Gasteiger partial charge in [-0.15, -0.1) is 0 Å². The summed E-state index contributed by atoms with van der Waals surface area (Å²) in [5.74, 6) is 0.0603. The zero-order valence-corrected chi connectivity index (χ0v) is 11.2. The Morgan fingerprint density at radius 2 is 2.20 bits per heavy atom. The molecule has 102 valence electrons. The number of para-hydroxylation sites is 1. The molecule has 1 aliphatic heterocycles. The smallest absolute Gasteiger partial charge is 0.242 e. The van der Waals surface area contributed by atoms with Gasteiger partial charge in [-0.1, -0.05) is 24.3 Å². The van der Waals surface area contributed by atoms with Gasteiger partial charge in [0, 0.05) is 31.0 Å². The summed E-state index contributed by atoms with van der Waals surface area (Å²) in [6, 6.07) is 11.8. The first-order valence-corrected chi connectivity index (χ1v) is 6.84. The van der Waals surface area contributed by atoms with Crippen molar-refractivity contribution in [3.63, 3.8) is 0 Å². The number of amides is 1. The summed E-state index contributed by atoms with van der Waals surface area (Å²) < 4.78 is 0. The van der Waals surface area contributed by atoms with E-state index in [1.54, 1.807) is 6.20 Å². The number of fused-ring (bicyclic) bond motifs is 1. The lowest BCUT2D eigenvalue weighted by molar-refractivity contribution is -0.121. The number of rotatable bonds is 4. The second-order valence-electron chi connectivity index (χ2n) is 4.96. The monoisotopic (exact) mass is 267 g/mol. The van der Waals surface area contributed by atoms with Crippen LogP contribution < -0.4 is 10.6 Å². The minimum Gasteiger partial charge on any atom is -0.373 e. The minimum atomic E-state index is -0.152. The number of nitrogens with zero attached hydrogens (tertiary/aromatic N) is 1. The molecule has 2 N–H and O–H groups in total. The van der Waals surface area contributed by atoms with Gasteiger partial charge in [0.15, 0.2) is 0 Å². The van der Waals surface area contributed by atoms with E-state index in [0.29, 0.717) is 6.54 Å². The van der Waals surface area contributed by atoms with Gasteiger partial charge in [0.1, 0.15) is 6.04 Å². The van der Waals surface area contributed by atoms with Crippen molar-refractivity contribution in [1.82, 2.24) is 10.3 Å².